The summed E-state index contributed by atoms with van der Waals surface area (Å²) in [6, 6.07) is 13.3. The molecule has 35 heavy (non-hydrogen) atoms. The molecule has 2 atom stereocenters. The van der Waals surface area contributed by atoms with Crippen LogP contribution in [0.4, 0.5) is 10.6 Å². The Morgan fingerprint density at radius 1 is 1.23 bits per heavy atom. The number of amides is 1. The van der Waals surface area contributed by atoms with Crippen LogP contribution < -0.4 is 10.2 Å². The van der Waals surface area contributed by atoms with E-state index in [0.29, 0.717) is 31.1 Å². The summed E-state index contributed by atoms with van der Waals surface area (Å²) < 4.78 is 10.7. The first-order valence-electron chi connectivity index (χ1n) is 11.9. The van der Waals surface area contributed by atoms with Crippen LogP contribution in [0.1, 0.15) is 24.8 Å². The van der Waals surface area contributed by atoms with Gasteiger partial charge < -0.3 is 24.8 Å². The third kappa shape index (κ3) is 5.77. The topological polar surface area (TPSA) is 96.8 Å². The minimum atomic E-state index is -0.377. The first-order valence-corrected chi connectivity index (χ1v) is 11.9. The summed E-state index contributed by atoms with van der Waals surface area (Å²) in [6.45, 7) is 5.36. The average Bonchev–Trinajstić information content (AvgIpc) is 3.35. The van der Waals surface area contributed by atoms with E-state index in [4.69, 9.17) is 19.4 Å². The minimum Gasteiger partial charge on any atom is -0.507 e. The summed E-state index contributed by atoms with van der Waals surface area (Å²) in [5.41, 5.74) is 2.58. The number of carbonyl (C=O) groups excluding carboxylic acids is 1. The zero-order valence-electron chi connectivity index (χ0n) is 19.8. The molecule has 9 heteroatoms. The Morgan fingerprint density at radius 2 is 2.09 bits per heavy atom. The number of anilines is 1. The number of piperidine rings is 1. The monoisotopic (exact) mass is 498 g/mol. The molecule has 2 aromatic carbocycles. The number of benzene rings is 2. The molecule has 8 nitrogen and oxygen atoms in total. The third-order valence-corrected chi connectivity index (χ3v) is 6.49. The van der Waals surface area contributed by atoms with E-state index in [-0.39, 0.29) is 36.3 Å². The molecule has 0 unspecified atom stereocenters. The molecule has 5 rings (SSSR count). The molecular weight excluding hydrogens is 468 g/mol. The van der Waals surface area contributed by atoms with Crippen LogP contribution in [-0.2, 0) is 9.47 Å². The van der Waals surface area contributed by atoms with Crippen LogP contribution in [-0.4, -0.2) is 60.1 Å². The fraction of sp³-hybridized carbons (Fsp3) is 0.423. The molecule has 0 bridgehead atoms. The molecule has 2 aliphatic heterocycles. The lowest BCUT2D eigenvalue weighted by atomic mass is 9.97. The number of hydrogen-bond acceptors (Lipinski definition) is 7. The normalized spacial score (nSPS) is 19.9. The minimum absolute atomic E-state index is 0. The van der Waals surface area contributed by atoms with Gasteiger partial charge in [0.15, 0.2) is 5.82 Å². The number of aryl methyl sites for hydroxylation is 1. The number of para-hydroxylation sites is 1. The Kier molecular flexibility index (Phi) is 7.93. The van der Waals surface area contributed by atoms with Gasteiger partial charge in [-0.2, -0.15) is 0 Å². The molecule has 0 radical (unpaired) electrons. The predicted molar refractivity (Wildman–Crippen MR) is 137 cm³/mol. The second kappa shape index (κ2) is 11.1. The second-order valence-corrected chi connectivity index (χ2v) is 9.13. The van der Waals surface area contributed by atoms with Crippen LogP contribution in [0, 0.1) is 12.8 Å². The molecular formula is C26H31ClN4O4. The maximum atomic E-state index is 12.2. The second-order valence-electron chi connectivity index (χ2n) is 9.13. The van der Waals surface area contributed by atoms with Crippen molar-refractivity contribution < 1.29 is 19.4 Å². The first-order chi connectivity index (χ1) is 16.6. The fourth-order valence-corrected chi connectivity index (χ4v) is 4.70. The highest BCUT2D eigenvalue weighted by molar-refractivity contribution is 5.92. The van der Waals surface area contributed by atoms with Crippen molar-refractivity contribution in [2.45, 2.75) is 32.3 Å². The van der Waals surface area contributed by atoms with Crippen molar-refractivity contribution in [3.05, 3.63) is 48.0 Å². The smallest absolute Gasteiger partial charge is 0.407 e. The third-order valence-electron chi connectivity index (χ3n) is 6.49. The number of fused-ring (bicyclic) bond motifs is 1. The number of carbonyl (C=O) groups is 1. The largest absolute Gasteiger partial charge is 0.507 e. The molecule has 0 aliphatic carbocycles. The van der Waals surface area contributed by atoms with Gasteiger partial charge in [-0.3, -0.25) is 0 Å². The van der Waals surface area contributed by atoms with Gasteiger partial charge in [-0.15, -0.1) is 12.4 Å². The Bertz CT molecular complexity index is 1190. The SMILES string of the molecule is Cc1ccc2c(N3CCC[C@@H](CNC(=O)O[C@@H]4CCOC4)C3)nc(-c3ccccc3O)nc2c1.Cl. The number of ether oxygens (including phenoxy) is 2. The number of nitrogens with one attached hydrogen (secondary N) is 1. The van der Waals surface area contributed by atoms with Crippen LogP contribution in [0.15, 0.2) is 42.5 Å². The quantitative estimate of drug-likeness (QED) is 0.536. The molecule has 186 valence electrons. The highest BCUT2D eigenvalue weighted by Crippen LogP contribution is 2.33. The van der Waals surface area contributed by atoms with E-state index in [1.165, 1.54) is 0 Å². The van der Waals surface area contributed by atoms with Gasteiger partial charge in [-0.25, -0.2) is 14.8 Å². The molecule has 0 saturated carbocycles. The Labute approximate surface area is 211 Å². The number of aromatic nitrogens is 2. The van der Waals surface area contributed by atoms with Gasteiger partial charge in [-0.05, 0) is 55.5 Å². The van der Waals surface area contributed by atoms with E-state index < -0.39 is 0 Å². The van der Waals surface area contributed by atoms with Crippen LogP contribution in [0.5, 0.6) is 5.75 Å². The Hall–Kier alpha value is -3.10. The van der Waals surface area contributed by atoms with Gasteiger partial charge >= 0.3 is 6.09 Å². The van der Waals surface area contributed by atoms with Gasteiger partial charge in [0.2, 0.25) is 0 Å². The maximum Gasteiger partial charge on any atom is 0.407 e. The van der Waals surface area contributed by atoms with Crippen LogP contribution in [0.2, 0.25) is 0 Å². The van der Waals surface area contributed by atoms with Gasteiger partial charge in [0, 0.05) is 31.4 Å². The van der Waals surface area contributed by atoms with Gasteiger partial charge in [0.1, 0.15) is 17.7 Å². The van der Waals surface area contributed by atoms with Crippen molar-refractivity contribution in [2.24, 2.45) is 5.92 Å². The van der Waals surface area contributed by atoms with Crippen LogP contribution in [0.25, 0.3) is 22.3 Å². The molecule has 2 N–H and O–H groups in total. The van der Waals surface area contributed by atoms with E-state index in [0.717, 1.165) is 54.6 Å². The number of rotatable bonds is 5. The lowest BCUT2D eigenvalue weighted by Crippen LogP contribution is -2.42. The summed E-state index contributed by atoms with van der Waals surface area (Å²) in [5.74, 6) is 1.81. The van der Waals surface area contributed by atoms with Gasteiger partial charge in [-0.1, -0.05) is 18.2 Å². The van der Waals surface area contributed by atoms with Crippen molar-refractivity contribution in [3.63, 3.8) is 0 Å². The summed E-state index contributed by atoms with van der Waals surface area (Å²) in [7, 11) is 0. The molecule has 2 fully saturated rings. The van der Waals surface area contributed by atoms with Gasteiger partial charge in [0.05, 0.1) is 24.3 Å². The van der Waals surface area contributed by atoms with Crippen molar-refractivity contribution in [1.29, 1.82) is 0 Å². The highest BCUT2D eigenvalue weighted by atomic mass is 35.5. The number of aromatic hydroxyl groups is 1. The van der Waals surface area contributed by atoms with Crippen molar-refractivity contribution >= 4 is 35.2 Å². The van der Waals surface area contributed by atoms with Crippen molar-refractivity contribution in [1.82, 2.24) is 15.3 Å². The number of halogens is 1. The Balaban J connectivity index is 0.00000289. The lowest BCUT2D eigenvalue weighted by molar-refractivity contribution is 0.0821. The van der Waals surface area contributed by atoms with E-state index in [9.17, 15) is 9.90 Å². The Morgan fingerprint density at radius 3 is 2.89 bits per heavy atom. The van der Waals surface area contributed by atoms with E-state index in [1.54, 1.807) is 12.1 Å². The molecule has 3 aromatic rings. The summed E-state index contributed by atoms with van der Waals surface area (Å²) in [4.78, 5) is 24.1. The number of phenols is 1. The van der Waals surface area contributed by atoms with E-state index >= 15 is 0 Å². The number of phenolic OH excluding ortho intramolecular Hbond substituents is 1. The lowest BCUT2D eigenvalue weighted by Gasteiger charge is -2.34. The van der Waals surface area contributed by atoms with Crippen LogP contribution in [0.3, 0.4) is 0 Å². The first kappa shape index (κ1) is 25.0. The van der Waals surface area contributed by atoms with E-state index in [1.807, 2.05) is 19.1 Å². The van der Waals surface area contributed by atoms with E-state index in [2.05, 4.69) is 28.4 Å². The molecule has 1 amide bonds. The summed E-state index contributed by atoms with van der Waals surface area (Å²) in [5, 5.41) is 14.3. The number of alkyl carbamates (subject to hydrolysis) is 1. The van der Waals surface area contributed by atoms with Crippen molar-refractivity contribution in [3.8, 4) is 17.1 Å². The van der Waals surface area contributed by atoms with Crippen LogP contribution >= 0.6 is 12.4 Å². The molecule has 1 aromatic heterocycles. The summed E-state index contributed by atoms with van der Waals surface area (Å²) >= 11 is 0. The maximum absolute atomic E-state index is 12.2. The fourth-order valence-electron chi connectivity index (χ4n) is 4.70. The predicted octanol–water partition coefficient (Wildman–Crippen LogP) is 4.46. The summed E-state index contributed by atoms with van der Waals surface area (Å²) in [6.07, 6.45) is 2.26. The standard InChI is InChI=1S/C26H30N4O4.ClH/c1-17-8-9-20-22(13-17)28-24(21-6-2-3-7-23(21)31)29-25(20)30-11-4-5-18(15-30)14-27-26(32)34-19-10-12-33-16-19;/h2-3,6-9,13,18-19,31H,4-5,10-12,14-16H2,1H3,(H,27,32);1H/t18-,19+;/m0./s1. The molecule has 2 saturated heterocycles. The average molecular weight is 499 g/mol. The van der Waals surface area contributed by atoms with Gasteiger partial charge in [0.25, 0.3) is 0 Å². The van der Waals surface area contributed by atoms with Crippen molar-refractivity contribution in [2.75, 3.05) is 37.7 Å². The zero-order chi connectivity index (χ0) is 23.5. The number of hydrogen-bond donors (Lipinski definition) is 2. The zero-order valence-corrected chi connectivity index (χ0v) is 20.6. The molecule has 2 aliphatic rings. The molecule has 0 spiro atoms. The number of nitrogens with zero attached hydrogens (tertiary/aromatic N) is 3. The highest BCUT2D eigenvalue weighted by Gasteiger charge is 2.25. The molecule has 3 heterocycles.